The monoisotopic (exact) mass is 562 g/mol. The molecule has 0 saturated heterocycles. The number of carbonyl (C=O) groups excluding carboxylic acids is 2. The van der Waals surface area contributed by atoms with Crippen LogP contribution in [0, 0.1) is 5.92 Å². The lowest BCUT2D eigenvalue weighted by molar-refractivity contribution is -0.150. The van der Waals surface area contributed by atoms with Crippen LogP contribution in [0.3, 0.4) is 0 Å². The van der Waals surface area contributed by atoms with Crippen LogP contribution >= 0.6 is 15.9 Å². The number of hydrogen-bond acceptors (Lipinski definition) is 5. The van der Waals surface area contributed by atoms with Crippen molar-refractivity contribution in [3.05, 3.63) is 0 Å². The van der Waals surface area contributed by atoms with Crippen molar-refractivity contribution in [2.24, 2.45) is 5.92 Å². The number of aliphatic hydroxyl groups is 1. The fraction of sp³-hybridized carbons (Fsp3) is 0.931. The van der Waals surface area contributed by atoms with Crippen LogP contribution in [0.25, 0.3) is 0 Å². The van der Waals surface area contributed by atoms with Gasteiger partial charge in [-0.2, -0.15) is 0 Å². The molecule has 1 N–H and O–H groups in total. The van der Waals surface area contributed by atoms with Gasteiger partial charge in [-0.1, -0.05) is 107 Å². The van der Waals surface area contributed by atoms with E-state index in [1.807, 2.05) is 0 Å². The summed E-state index contributed by atoms with van der Waals surface area (Å²) in [4.78, 5) is 24.2. The molecule has 0 aliphatic rings. The van der Waals surface area contributed by atoms with Gasteiger partial charge in [-0.05, 0) is 38.5 Å². The molecule has 0 heterocycles. The Balaban J connectivity index is 4.04. The molecule has 0 bridgehead atoms. The maximum absolute atomic E-state index is 12.4. The summed E-state index contributed by atoms with van der Waals surface area (Å²) in [6.07, 6.45) is 21.5. The van der Waals surface area contributed by atoms with Crippen molar-refractivity contribution in [1.29, 1.82) is 0 Å². The maximum atomic E-state index is 12.4. The van der Waals surface area contributed by atoms with Gasteiger partial charge in [-0.25, -0.2) is 0 Å². The van der Waals surface area contributed by atoms with Gasteiger partial charge in [0.2, 0.25) is 0 Å². The van der Waals surface area contributed by atoms with E-state index in [2.05, 4.69) is 29.8 Å². The van der Waals surface area contributed by atoms with E-state index in [0.29, 0.717) is 18.2 Å². The molecular weight excluding hydrogens is 508 g/mol. The van der Waals surface area contributed by atoms with Gasteiger partial charge in [-0.15, -0.1) is 0 Å². The van der Waals surface area contributed by atoms with Gasteiger partial charge >= 0.3 is 11.9 Å². The molecule has 6 heteroatoms. The molecule has 0 aromatic rings. The standard InChI is InChI=1S/C29H55BrO5/c1-3-5-7-9-11-15-19-27(20-16-12-10-8-6-4-2)35-29(33)22-18-14-13-17-21-28(32)34-25-26(23-30)24-31/h26-27,31H,3-25H2,1-2H3. The number of halogens is 1. The molecule has 0 aliphatic heterocycles. The van der Waals surface area contributed by atoms with Crippen molar-refractivity contribution in [2.45, 2.75) is 148 Å². The molecule has 0 saturated carbocycles. The summed E-state index contributed by atoms with van der Waals surface area (Å²) in [5, 5.41) is 9.73. The summed E-state index contributed by atoms with van der Waals surface area (Å²) >= 11 is 3.29. The van der Waals surface area contributed by atoms with Crippen molar-refractivity contribution in [2.75, 3.05) is 18.5 Å². The summed E-state index contributed by atoms with van der Waals surface area (Å²) in [6.45, 7) is 4.74. The first-order chi connectivity index (χ1) is 17.1. The zero-order valence-electron chi connectivity index (χ0n) is 22.9. The van der Waals surface area contributed by atoms with E-state index in [4.69, 9.17) is 14.6 Å². The highest BCUT2D eigenvalue weighted by molar-refractivity contribution is 9.09. The number of alkyl halides is 1. The first kappa shape index (κ1) is 34.4. The van der Waals surface area contributed by atoms with Crippen molar-refractivity contribution in [3.8, 4) is 0 Å². The zero-order valence-corrected chi connectivity index (χ0v) is 24.5. The summed E-state index contributed by atoms with van der Waals surface area (Å²) in [7, 11) is 0. The highest BCUT2D eigenvalue weighted by atomic mass is 79.9. The third-order valence-electron chi connectivity index (χ3n) is 6.53. The maximum Gasteiger partial charge on any atom is 0.306 e. The van der Waals surface area contributed by atoms with Crippen LogP contribution in [0.4, 0.5) is 0 Å². The van der Waals surface area contributed by atoms with Crippen LogP contribution < -0.4 is 0 Å². The summed E-state index contributed by atoms with van der Waals surface area (Å²) in [5.41, 5.74) is 0. The second kappa shape index (κ2) is 26.4. The van der Waals surface area contributed by atoms with Crippen molar-refractivity contribution in [3.63, 3.8) is 0 Å². The minimum atomic E-state index is -0.212. The van der Waals surface area contributed by atoms with Gasteiger partial charge in [-0.3, -0.25) is 9.59 Å². The quantitative estimate of drug-likeness (QED) is 0.0651. The normalized spacial score (nSPS) is 12.1. The van der Waals surface area contributed by atoms with Gasteiger partial charge < -0.3 is 14.6 Å². The highest BCUT2D eigenvalue weighted by Gasteiger charge is 2.14. The van der Waals surface area contributed by atoms with Crippen molar-refractivity contribution >= 4 is 27.9 Å². The number of esters is 2. The van der Waals surface area contributed by atoms with Crippen LogP contribution in [0.2, 0.25) is 0 Å². The van der Waals surface area contributed by atoms with E-state index in [0.717, 1.165) is 51.4 Å². The summed E-state index contributed by atoms with van der Waals surface area (Å²) < 4.78 is 11.1. The Kier molecular flexibility index (Phi) is 26.0. The number of unbranched alkanes of at least 4 members (excludes halogenated alkanes) is 13. The van der Waals surface area contributed by atoms with Crippen LogP contribution in [0.1, 0.15) is 142 Å². The molecule has 0 spiro atoms. The van der Waals surface area contributed by atoms with E-state index in [9.17, 15) is 9.59 Å². The van der Waals surface area contributed by atoms with Crippen molar-refractivity contribution < 1.29 is 24.2 Å². The Morgan fingerprint density at radius 3 is 1.63 bits per heavy atom. The van der Waals surface area contributed by atoms with Crippen LogP contribution in [0.5, 0.6) is 0 Å². The van der Waals surface area contributed by atoms with E-state index in [-0.39, 0.29) is 37.2 Å². The van der Waals surface area contributed by atoms with E-state index >= 15 is 0 Å². The van der Waals surface area contributed by atoms with E-state index in [1.165, 1.54) is 64.2 Å². The third-order valence-corrected chi connectivity index (χ3v) is 7.44. The molecule has 0 fully saturated rings. The Labute approximate surface area is 224 Å². The second-order valence-corrected chi connectivity index (χ2v) is 10.7. The molecule has 0 rings (SSSR count). The van der Waals surface area contributed by atoms with Crippen molar-refractivity contribution in [1.82, 2.24) is 0 Å². The molecule has 0 aromatic carbocycles. The Hall–Kier alpha value is -0.620. The van der Waals surface area contributed by atoms with Gasteiger partial charge in [0.05, 0.1) is 6.61 Å². The minimum absolute atomic E-state index is 0.00735. The fourth-order valence-electron chi connectivity index (χ4n) is 4.13. The average molecular weight is 564 g/mol. The van der Waals surface area contributed by atoms with Gasteiger partial charge in [0.25, 0.3) is 0 Å². The number of hydrogen-bond donors (Lipinski definition) is 1. The Morgan fingerprint density at radius 2 is 1.14 bits per heavy atom. The number of carbonyl (C=O) groups is 2. The average Bonchev–Trinajstić information content (AvgIpc) is 2.85. The third kappa shape index (κ3) is 23.5. The molecule has 1 atom stereocenters. The lowest BCUT2D eigenvalue weighted by Gasteiger charge is -2.18. The second-order valence-electron chi connectivity index (χ2n) is 10.0. The lowest BCUT2D eigenvalue weighted by atomic mass is 10.0. The van der Waals surface area contributed by atoms with Gasteiger partial charge in [0.1, 0.15) is 6.10 Å². The highest BCUT2D eigenvalue weighted by Crippen LogP contribution is 2.18. The predicted molar refractivity (Wildman–Crippen MR) is 149 cm³/mol. The van der Waals surface area contributed by atoms with Crippen LogP contribution in [0.15, 0.2) is 0 Å². The smallest absolute Gasteiger partial charge is 0.306 e. The molecule has 0 radical (unpaired) electrons. The van der Waals surface area contributed by atoms with Gasteiger partial charge in [0, 0.05) is 30.7 Å². The van der Waals surface area contributed by atoms with Crippen LogP contribution in [-0.2, 0) is 19.1 Å². The topological polar surface area (TPSA) is 72.8 Å². The molecule has 208 valence electrons. The largest absolute Gasteiger partial charge is 0.465 e. The van der Waals surface area contributed by atoms with Gasteiger partial charge in [0.15, 0.2) is 0 Å². The number of rotatable bonds is 26. The summed E-state index contributed by atoms with van der Waals surface area (Å²) in [6, 6.07) is 0. The first-order valence-corrected chi connectivity index (χ1v) is 15.7. The first-order valence-electron chi connectivity index (χ1n) is 14.6. The lowest BCUT2D eigenvalue weighted by Crippen LogP contribution is -2.18. The SMILES string of the molecule is CCCCCCCCC(CCCCCCCC)OC(=O)CCCCCCC(=O)OCC(CO)CBr. The fourth-order valence-corrected chi connectivity index (χ4v) is 4.52. The Morgan fingerprint density at radius 1 is 0.686 bits per heavy atom. The zero-order chi connectivity index (χ0) is 26.0. The molecular formula is C29H55BrO5. The molecule has 5 nitrogen and oxygen atoms in total. The minimum Gasteiger partial charge on any atom is -0.465 e. The Bertz CT molecular complexity index is 466. The number of ether oxygens (including phenoxy) is 2. The molecule has 0 aromatic heterocycles. The number of aliphatic hydroxyl groups excluding tert-OH is 1. The molecule has 35 heavy (non-hydrogen) atoms. The van der Waals surface area contributed by atoms with E-state index in [1.54, 1.807) is 0 Å². The van der Waals surface area contributed by atoms with E-state index < -0.39 is 0 Å². The molecule has 1 unspecified atom stereocenters. The van der Waals surface area contributed by atoms with Crippen LogP contribution in [-0.4, -0.2) is 41.7 Å². The molecule has 0 amide bonds. The molecule has 0 aliphatic carbocycles. The predicted octanol–water partition coefficient (Wildman–Crippen LogP) is 8.29. The summed E-state index contributed by atoms with van der Waals surface area (Å²) in [5.74, 6) is -0.317.